The van der Waals surface area contributed by atoms with Crippen LogP contribution >= 0.6 is 0 Å². The Bertz CT molecular complexity index is 515. The summed E-state index contributed by atoms with van der Waals surface area (Å²) in [5, 5.41) is 3.10. The first-order valence-electron chi connectivity index (χ1n) is 6.02. The quantitative estimate of drug-likeness (QED) is 0.514. The molecule has 108 valence electrons. The van der Waals surface area contributed by atoms with E-state index in [1.54, 1.807) is 12.1 Å². The summed E-state index contributed by atoms with van der Waals surface area (Å²) in [5.41, 5.74) is 7.22. The highest BCUT2D eigenvalue weighted by Crippen LogP contribution is 2.26. The van der Waals surface area contributed by atoms with Crippen LogP contribution < -0.4 is 20.5 Å². The summed E-state index contributed by atoms with van der Waals surface area (Å²) < 4.78 is 29.7. The molecule has 0 radical (unpaired) electrons. The highest BCUT2D eigenvalue weighted by molar-refractivity contribution is 7.88. The Morgan fingerprint density at radius 2 is 2.00 bits per heavy atom. The number of nitrogen functional groups attached to an aromatic ring is 1. The SMILES string of the molecule is CC(C)Oc1cc(NCCNS(C)(=O)=O)ccc1N. The maximum Gasteiger partial charge on any atom is 0.208 e. The summed E-state index contributed by atoms with van der Waals surface area (Å²) in [7, 11) is -3.14. The van der Waals surface area contributed by atoms with Crippen LogP contribution in [0.5, 0.6) is 5.75 Å². The van der Waals surface area contributed by atoms with E-state index in [0.29, 0.717) is 24.5 Å². The van der Waals surface area contributed by atoms with Crippen molar-refractivity contribution >= 4 is 21.4 Å². The topological polar surface area (TPSA) is 93.5 Å². The molecular formula is C12H21N3O3S. The molecule has 19 heavy (non-hydrogen) atoms. The monoisotopic (exact) mass is 287 g/mol. The van der Waals surface area contributed by atoms with Gasteiger partial charge in [-0.15, -0.1) is 0 Å². The summed E-state index contributed by atoms with van der Waals surface area (Å²) in [5.74, 6) is 0.621. The van der Waals surface area contributed by atoms with Gasteiger partial charge in [-0.3, -0.25) is 0 Å². The average Bonchev–Trinajstić information content (AvgIpc) is 2.26. The van der Waals surface area contributed by atoms with Crippen LogP contribution in [0.2, 0.25) is 0 Å². The first-order valence-corrected chi connectivity index (χ1v) is 7.92. The van der Waals surface area contributed by atoms with Gasteiger partial charge in [0.05, 0.1) is 18.0 Å². The molecule has 0 aromatic heterocycles. The number of nitrogens with two attached hydrogens (primary N) is 1. The van der Waals surface area contributed by atoms with Gasteiger partial charge in [0.25, 0.3) is 0 Å². The molecule has 1 aromatic rings. The molecule has 0 atom stereocenters. The second kappa shape index (κ2) is 6.63. The van der Waals surface area contributed by atoms with E-state index < -0.39 is 10.0 Å². The van der Waals surface area contributed by atoms with Gasteiger partial charge in [0.15, 0.2) is 0 Å². The lowest BCUT2D eigenvalue weighted by molar-refractivity contribution is 0.244. The second-order valence-corrected chi connectivity index (χ2v) is 6.35. The Labute approximate surface area is 114 Å². The molecular weight excluding hydrogens is 266 g/mol. The molecule has 0 aliphatic heterocycles. The Morgan fingerprint density at radius 3 is 2.58 bits per heavy atom. The molecule has 0 amide bonds. The summed E-state index contributed by atoms with van der Waals surface area (Å²) in [4.78, 5) is 0. The summed E-state index contributed by atoms with van der Waals surface area (Å²) in [6.07, 6.45) is 1.18. The third-order valence-corrected chi connectivity index (χ3v) is 2.92. The first kappa shape index (κ1) is 15.6. The summed E-state index contributed by atoms with van der Waals surface area (Å²) in [6, 6.07) is 5.38. The van der Waals surface area contributed by atoms with Crippen molar-refractivity contribution < 1.29 is 13.2 Å². The van der Waals surface area contributed by atoms with Crippen molar-refractivity contribution in [3.8, 4) is 5.75 Å². The minimum absolute atomic E-state index is 0.0458. The Morgan fingerprint density at radius 1 is 1.32 bits per heavy atom. The maximum absolute atomic E-state index is 10.9. The lowest BCUT2D eigenvalue weighted by atomic mass is 10.2. The van der Waals surface area contributed by atoms with Crippen LogP contribution in [0, 0.1) is 0 Å². The van der Waals surface area contributed by atoms with Crippen LogP contribution in [0.3, 0.4) is 0 Å². The lowest BCUT2D eigenvalue weighted by Gasteiger charge is -2.14. The predicted molar refractivity (Wildman–Crippen MR) is 78.0 cm³/mol. The van der Waals surface area contributed by atoms with Gasteiger partial charge >= 0.3 is 0 Å². The van der Waals surface area contributed by atoms with Crippen LogP contribution in [-0.2, 0) is 10.0 Å². The van der Waals surface area contributed by atoms with Gasteiger partial charge in [-0.05, 0) is 26.0 Å². The van der Waals surface area contributed by atoms with Crippen molar-refractivity contribution in [2.75, 3.05) is 30.4 Å². The molecule has 4 N–H and O–H groups in total. The van der Waals surface area contributed by atoms with E-state index in [-0.39, 0.29) is 6.10 Å². The number of hydrogen-bond acceptors (Lipinski definition) is 5. The van der Waals surface area contributed by atoms with E-state index in [2.05, 4.69) is 10.0 Å². The number of rotatable bonds is 7. The fourth-order valence-corrected chi connectivity index (χ4v) is 1.92. The Hall–Kier alpha value is -1.47. The standard InChI is InChI=1S/C12H21N3O3S/c1-9(2)18-12-8-10(4-5-11(12)13)14-6-7-15-19(3,16)17/h4-5,8-9,14-15H,6-7,13H2,1-3H3. The van der Waals surface area contributed by atoms with Gasteiger partial charge in [0.1, 0.15) is 5.75 Å². The van der Waals surface area contributed by atoms with E-state index in [9.17, 15) is 8.42 Å². The van der Waals surface area contributed by atoms with E-state index >= 15 is 0 Å². The van der Waals surface area contributed by atoms with Crippen molar-refractivity contribution in [2.45, 2.75) is 20.0 Å². The number of anilines is 2. The summed E-state index contributed by atoms with van der Waals surface area (Å²) >= 11 is 0. The molecule has 1 aromatic carbocycles. The van der Waals surface area contributed by atoms with E-state index in [4.69, 9.17) is 10.5 Å². The molecule has 6 nitrogen and oxygen atoms in total. The highest BCUT2D eigenvalue weighted by Gasteiger charge is 2.05. The van der Waals surface area contributed by atoms with Gasteiger partial charge in [-0.1, -0.05) is 0 Å². The highest BCUT2D eigenvalue weighted by atomic mass is 32.2. The van der Waals surface area contributed by atoms with E-state index in [1.165, 1.54) is 0 Å². The van der Waals surface area contributed by atoms with Gasteiger partial charge < -0.3 is 15.8 Å². The molecule has 0 unspecified atom stereocenters. The van der Waals surface area contributed by atoms with Crippen LogP contribution in [0.1, 0.15) is 13.8 Å². The first-order chi connectivity index (χ1) is 8.78. The predicted octanol–water partition coefficient (Wildman–Crippen LogP) is 1.02. The number of ether oxygens (including phenoxy) is 1. The minimum Gasteiger partial charge on any atom is -0.489 e. The fraction of sp³-hybridized carbons (Fsp3) is 0.500. The smallest absolute Gasteiger partial charge is 0.208 e. The molecule has 0 saturated heterocycles. The number of nitrogens with one attached hydrogen (secondary N) is 2. The van der Waals surface area contributed by atoms with Crippen molar-refractivity contribution in [3.63, 3.8) is 0 Å². The van der Waals surface area contributed by atoms with Gasteiger partial charge in [-0.2, -0.15) is 0 Å². The molecule has 7 heteroatoms. The maximum atomic E-state index is 10.9. The van der Waals surface area contributed by atoms with E-state index in [1.807, 2.05) is 19.9 Å². The van der Waals surface area contributed by atoms with Crippen LogP contribution in [-0.4, -0.2) is 33.9 Å². The molecule has 0 bridgehead atoms. The van der Waals surface area contributed by atoms with Gasteiger partial charge in [0, 0.05) is 24.8 Å². The molecule has 0 heterocycles. The minimum atomic E-state index is -3.14. The van der Waals surface area contributed by atoms with Gasteiger partial charge in [-0.25, -0.2) is 13.1 Å². The molecule has 0 aliphatic carbocycles. The molecule has 1 rings (SSSR count). The van der Waals surface area contributed by atoms with E-state index in [0.717, 1.165) is 11.9 Å². The largest absolute Gasteiger partial charge is 0.489 e. The van der Waals surface area contributed by atoms with Gasteiger partial charge in [0.2, 0.25) is 10.0 Å². The zero-order chi connectivity index (χ0) is 14.5. The number of hydrogen-bond donors (Lipinski definition) is 3. The number of sulfonamides is 1. The number of benzene rings is 1. The fourth-order valence-electron chi connectivity index (χ4n) is 1.44. The molecule has 0 fully saturated rings. The molecule has 0 saturated carbocycles. The summed E-state index contributed by atoms with van der Waals surface area (Å²) in [6.45, 7) is 4.66. The lowest BCUT2D eigenvalue weighted by Crippen LogP contribution is -2.27. The van der Waals surface area contributed by atoms with Crippen LogP contribution in [0.4, 0.5) is 11.4 Å². The Kier molecular flexibility index (Phi) is 5.44. The van der Waals surface area contributed by atoms with Crippen LogP contribution in [0.15, 0.2) is 18.2 Å². The van der Waals surface area contributed by atoms with Crippen molar-refractivity contribution in [2.24, 2.45) is 0 Å². The third kappa shape index (κ3) is 6.30. The zero-order valence-electron chi connectivity index (χ0n) is 11.4. The van der Waals surface area contributed by atoms with Crippen LogP contribution in [0.25, 0.3) is 0 Å². The average molecular weight is 287 g/mol. The third-order valence-electron chi connectivity index (χ3n) is 2.19. The van der Waals surface area contributed by atoms with Crippen molar-refractivity contribution in [1.29, 1.82) is 0 Å². The molecule has 0 spiro atoms. The normalized spacial score (nSPS) is 11.6. The Balaban J connectivity index is 2.55. The van der Waals surface area contributed by atoms with Crippen molar-refractivity contribution in [3.05, 3.63) is 18.2 Å². The zero-order valence-corrected chi connectivity index (χ0v) is 12.3. The second-order valence-electron chi connectivity index (χ2n) is 4.51. The molecule has 0 aliphatic rings. The van der Waals surface area contributed by atoms with Crippen molar-refractivity contribution in [1.82, 2.24) is 4.72 Å².